The van der Waals surface area contributed by atoms with E-state index in [2.05, 4.69) is 4.98 Å². The van der Waals surface area contributed by atoms with Gasteiger partial charge in [-0.05, 0) is 24.3 Å². The van der Waals surface area contributed by atoms with E-state index in [1.54, 1.807) is 18.2 Å². The fourth-order valence-corrected chi connectivity index (χ4v) is 2.06. The number of aliphatic hydroxyl groups is 1. The predicted molar refractivity (Wildman–Crippen MR) is 71.5 cm³/mol. The van der Waals surface area contributed by atoms with Crippen LogP contribution < -0.4 is 10.6 Å². The molecule has 1 aromatic carbocycles. The fraction of sp³-hybridized carbons (Fsp3) is 0.308. The number of anilines is 2. The van der Waals surface area contributed by atoms with E-state index in [0.29, 0.717) is 22.3 Å². The van der Waals surface area contributed by atoms with Gasteiger partial charge in [0.2, 0.25) is 0 Å². The van der Waals surface area contributed by atoms with Crippen molar-refractivity contribution in [3.8, 4) is 0 Å². The SMILES string of the molecule is Nc1ccc(N(CCO)CC(F)(F)F)c2ncccc12. The van der Waals surface area contributed by atoms with Crippen LogP contribution in [0.15, 0.2) is 30.5 Å². The number of rotatable bonds is 4. The number of halogens is 3. The lowest BCUT2D eigenvalue weighted by Crippen LogP contribution is -2.36. The van der Waals surface area contributed by atoms with Gasteiger partial charge in [0.15, 0.2) is 0 Å². The average Bonchev–Trinajstić information content (AvgIpc) is 2.37. The topological polar surface area (TPSA) is 62.4 Å². The third kappa shape index (κ3) is 3.11. The standard InChI is InChI=1S/C13H14F3N3O/c14-13(15,16)8-19(6-7-20)11-4-3-10(17)9-2-1-5-18-12(9)11/h1-5,20H,6-8,17H2. The van der Waals surface area contributed by atoms with Crippen LogP contribution in [0.1, 0.15) is 0 Å². The van der Waals surface area contributed by atoms with Crippen LogP contribution in [0, 0.1) is 0 Å². The number of benzene rings is 1. The van der Waals surface area contributed by atoms with E-state index < -0.39 is 12.7 Å². The zero-order valence-electron chi connectivity index (χ0n) is 10.6. The molecule has 0 radical (unpaired) electrons. The molecule has 0 fully saturated rings. The van der Waals surface area contributed by atoms with Crippen molar-refractivity contribution in [3.63, 3.8) is 0 Å². The highest BCUT2D eigenvalue weighted by Gasteiger charge is 2.31. The summed E-state index contributed by atoms with van der Waals surface area (Å²) in [5, 5.41) is 9.56. The Morgan fingerprint density at radius 1 is 1.25 bits per heavy atom. The van der Waals surface area contributed by atoms with Gasteiger partial charge in [0.1, 0.15) is 6.54 Å². The first-order valence-corrected chi connectivity index (χ1v) is 5.98. The van der Waals surface area contributed by atoms with Gasteiger partial charge in [-0.2, -0.15) is 13.2 Å². The Bertz CT molecular complexity index is 601. The second kappa shape index (κ2) is 5.54. The minimum Gasteiger partial charge on any atom is -0.398 e. The third-order valence-electron chi connectivity index (χ3n) is 2.86. The summed E-state index contributed by atoms with van der Waals surface area (Å²) in [5.74, 6) is 0. The molecule has 2 aromatic rings. The van der Waals surface area contributed by atoms with Gasteiger partial charge in [-0.25, -0.2) is 0 Å². The molecule has 3 N–H and O–H groups in total. The number of nitrogens with zero attached hydrogens (tertiary/aromatic N) is 2. The highest BCUT2D eigenvalue weighted by atomic mass is 19.4. The molecule has 0 saturated heterocycles. The summed E-state index contributed by atoms with van der Waals surface area (Å²) in [5.41, 5.74) is 6.95. The number of nitrogen functional groups attached to an aromatic ring is 1. The third-order valence-corrected chi connectivity index (χ3v) is 2.86. The van der Waals surface area contributed by atoms with E-state index in [1.807, 2.05) is 0 Å². The first kappa shape index (κ1) is 14.4. The Kier molecular flexibility index (Phi) is 3.99. The highest BCUT2D eigenvalue weighted by Crippen LogP contribution is 2.30. The van der Waals surface area contributed by atoms with Gasteiger partial charge in [0.25, 0.3) is 0 Å². The van der Waals surface area contributed by atoms with E-state index in [4.69, 9.17) is 10.8 Å². The molecule has 1 heterocycles. The van der Waals surface area contributed by atoms with Gasteiger partial charge >= 0.3 is 6.18 Å². The normalized spacial score (nSPS) is 11.8. The van der Waals surface area contributed by atoms with Crippen LogP contribution in [-0.4, -0.2) is 36.0 Å². The second-order valence-electron chi connectivity index (χ2n) is 4.33. The van der Waals surface area contributed by atoms with Crippen molar-refractivity contribution >= 4 is 22.3 Å². The van der Waals surface area contributed by atoms with Gasteiger partial charge in [-0.1, -0.05) is 0 Å². The van der Waals surface area contributed by atoms with E-state index >= 15 is 0 Å². The van der Waals surface area contributed by atoms with Crippen molar-refractivity contribution in [1.29, 1.82) is 0 Å². The average molecular weight is 285 g/mol. The summed E-state index contributed by atoms with van der Waals surface area (Å²) in [7, 11) is 0. The molecule has 108 valence electrons. The molecule has 0 aliphatic rings. The number of pyridine rings is 1. The molecule has 1 aromatic heterocycles. The molecule has 0 atom stereocenters. The van der Waals surface area contributed by atoms with E-state index in [0.717, 1.165) is 4.90 Å². The van der Waals surface area contributed by atoms with Gasteiger partial charge in [-0.3, -0.25) is 4.98 Å². The quantitative estimate of drug-likeness (QED) is 0.845. The lowest BCUT2D eigenvalue weighted by Gasteiger charge is -2.26. The van der Waals surface area contributed by atoms with E-state index in [9.17, 15) is 13.2 Å². The summed E-state index contributed by atoms with van der Waals surface area (Å²) < 4.78 is 37.9. The number of hydrogen-bond donors (Lipinski definition) is 2. The minimum absolute atomic E-state index is 0.130. The molecule has 2 rings (SSSR count). The summed E-state index contributed by atoms with van der Waals surface area (Å²) in [6, 6.07) is 6.40. The largest absolute Gasteiger partial charge is 0.405 e. The molecule has 0 amide bonds. The molecule has 0 aliphatic carbocycles. The van der Waals surface area contributed by atoms with Crippen molar-refractivity contribution in [1.82, 2.24) is 4.98 Å². The number of alkyl halides is 3. The van der Waals surface area contributed by atoms with Crippen LogP contribution in [0.2, 0.25) is 0 Å². The van der Waals surface area contributed by atoms with E-state index in [-0.39, 0.29) is 13.2 Å². The van der Waals surface area contributed by atoms with Crippen molar-refractivity contribution in [2.45, 2.75) is 6.18 Å². The van der Waals surface area contributed by atoms with Gasteiger partial charge in [-0.15, -0.1) is 0 Å². The van der Waals surface area contributed by atoms with Crippen LogP contribution in [0.3, 0.4) is 0 Å². The van der Waals surface area contributed by atoms with Crippen molar-refractivity contribution in [2.75, 3.05) is 30.3 Å². The molecular formula is C13H14F3N3O. The number of aromatic nitrogens is 1. The Balaban J connectivity index is 2.51. The van der Waals surface area contributed by atoms with Crippen molar-refractivity contribution < 1.29 is 18.3 Å². The maximum Gasteiger partial charge on any atom is 0.405 e. The molecule has 0 aliphatic heterocycles. The lowest BCUT2D eigenvalue weighted by molar-refractivity contribution is -0.119. The number of nitrogens with two attached hydrogens (primary N) is 1. The smallest absolute Gasteiger partial charge is 0.398 e. The van der Waals surface area contributed by atoms with Gasteiger partial charge in [0, 0.05) is 23.8 Å². The molecular weight excluding hydrogens is 271 g/mol. The Hall–Kier alpha value is -2.02. The number of fused-ring (bicyclic) bond motifs is 1. The first-order chi connectivity index (χ1) is 9.42. The molecule has 0 saturated carbocycles. The molecule has 4 nitrogen and oxygen atoms in total. The lowest BCUT2D eigenvalue weighted by atomic mass is 10.1. The summed E-state index contributed by atoms with van der Waals surface area (Å²) in [4.78, 5) is 5.15. The number of aliphatic hydroxyl groups excluding tert-OH is 1. The summed E-state index contributed by atoms with van der Waals surface area (Å²) >= 11 is 0. The monoisotopic (exact) mass is 285 g/mol. The first-order valence-electron chi connectivity index (χ1n) is 5.98. The van der Waals surface area contributed by atoms with Crippen LogP contribution >= 0.6 is 0 Å². The Morgan fingerprint density at radius 2 is 2.00 bits per heavy atom. The van der Waals surface area contributed by atoms with Crippen LogP contribution in [0.25, 0.3) is 10.9 Å². The molecule has 0 unspecified atom stereocenters. The van der Waals surface area contributed by atoms with Crippen LogP contribution in [0.5, 0.6) is 0 Å². The Morgan fingerprint density at radius 3 is 2.65 bits per heavy atom. The highest BCUT2D eigenvalue weighted by molar-refractivity contribution is 5.98. The maximum absolute atomic E-state index is 12.6. The van der Waals surface area contributed by atoms with Crippen LogP contribution in [0.4, 0.5) is 24.5 Å². The van der Waals surface area contributed by atoms with Crippen molar-refractivity contribution in [2.24, 2.45) is 0 Å². The minimum atomic E-state index is -4.36. The zero-order valence-corrected chi connectivity index (χ0v) is 10.6. The second-order valence-corrected chi connectivity index (χ2v) is 4.33. The zero-order chi connectivity index (χ0) is 14.8. The summed E-state index contributed by atoms with van der Waals surface area (Å²) in [6.07, 6.45) is -2.87. The molecule has 7 heteroatoms. The summed E-state index contributed by atoms with van der Waals surface area (Å²) in [6.45, 7) is -1.66. The molecule has 0 spiro atoms. The predicted octanol–water partition coefficient (Wildman–Crippen LogP) is 2.18. The Labute approximate surface area is 113 Å². The fourth-order valence-electron chi connectivity index (χ4n) is 2.06. The molecule has 20 heavy (non-hydrogen) atoms. The number of hydrogen-bond acceptors (Lipinski definition) is 4. The van der Waals surface area contributed by atoms with Crippen LogP contribution in [-0.2, 0) is 0 Å². The van der Waals surface area contributed by atoms with E-state index in [1.165, 1.54) is 12.3 Å². The van der Waals surface area contributed by atoms with Crippen molar-refractivity contribution in [3.05, 3.63) is 30.5 Å². The molecule has 0 bridgehead atoms. The van der Waals surface area contributed by atoms with Gasteiger partial charge in [0.05, 0.1) is 17.8 Å². The maximum atomic E-state index is 12.6. The van der Waals surface area contributed by atoms with Gasteiger partial charge < -0.3 is 15.7 Å².